The van der Waals surface area contributed by atoms with Crippen molar-refractivity contribution in [1.82, 2.24) is 20.4 Å². The van der Waals surface area contributed by atoms with E-state index >= 15 is 0 Å². The van der Waals surface area contributed by atoms with Crippen LogP contribution in [0.1, 0.15) is 24.2 Å². The van der Waals surface area contributed by atoms with Crippen molar-refractivity contribution in [3.63, 3.8) is 0 Å². The fourth-order valence-corrected chi connectivity index (χ4v) is 5.54. The van der Waals surface area contributed by atoms with Crippen molar-refractivity contribution >= 4 is 21.6 Å². The van der Waals surface area contributed by atoms with Crippen LogP contribution in [0.5, 0.6) is 0 Å². The van der Waals surface area contributed by atoms with Gasteiger partial charge in [0.25, 0.3) is 0 Å². The van der Waals surface area contributed by atoms with E-state index < -0.39 is 9.84 Å². The van der Waals surface area contributed by atoms with Crippen LogP contribution in [0.15, 0.2) is 4.52 Å². The number of thioether (sulfide) groups is 1. The number of hydrogen-bond acceptors (Lipinski definition) is 8. The number of hydrogen-bond donors (Lipinski definition) is 1. The Labute approximate surface area is 128 Å². The molecule has 0 saturated carbocycles. The molecule has 1 aromatic heterocycles. The minimum absolute atomic E-state index is 0.00161. The third-order valence-corrected chi connectivity index (χ3v) is 6.74. The molecule has 118 valence electrons. The molecule has 0 aromatic carbocycles. The Balaban J connectivity index is 1.55. The quantitative estimate of drug-likeness (QED) is 0.828. The minimum Gasteiger partial charge on any atom is -0.338 e. The van der Waals surface area contributed by atoms with Crippen LogP contribution in [0.4, 0.5) is 0 Å². The molecule has 1 N–H and O–H groups in total. The molecule has 0 amide bonds. The third kappa shape index (κ3) is 3.77. The van der Waals surface area contributed by atoms with Gasteiger partial charge in [-0.15, -0.1) is 0 Å². The average Bonchev–Trinajstić information content (AvgIpc) is 3.03. The zero-order chi connectivity index (χ0) is 14.9. The molecule has 0 bridgehead atoms. The lowest BCUT2D eigenvalue weighted by atomic mass is 10.2. The van der Waals surface area contributed by atoms with E-state index in [1.807, 2.05) is 11.8 Å². The lowest BCUT2D eigenvalue weighted by Gasteiger charge is -2.29. The first-order chi connectivity index (χ1) is 10.0. The van der Waals surface area contributed by atoms with Gasteiger partial charge in [-0.2, -0.15) is 16.7 Å². The Morgan fingerprint density at radius 1 is 1.52 bits per heavy atom. The summed E-state index contributed by atoms with van der Waals surface area (Å²) in [6.07, 6.45) is 0.658. The smallest absolute Gasteiger partial charge is 0.240 e. The molecule has 21 heavy (non-hydrogen) atoms. The molecule has 2 aliphatic rings. The SMILES string of the molecule is CN1CCSCC1c1noc(CNC2CCS(=O)(=O)C2)n1. The molecular formula is C12H20N4O3S2. The normalized spacial score (nSPS) is 29.8. The van der Waals surface area contributed by atoms with Gasteiger partial charge in [0.15, 0.2) is 15.7 Å². The molecular weight excluding hydrogens is 312 g/mol. The summed E-state index contributed by atoms with van der Waals surface area (Å²) in [5, 5.41) is 7.25. The summed E-state index contributed by atoms with van der Waals surface area (Å²) in [5.74, 6) is 3.83. The van der Waals surface area contributed by atoms with Crippen molar-refractivity contribution in [1.29, 1.82) is 0 Å². The third-order valence-electron chi connectivity index (χ3n) is 3.95. The Hall–Kier alpha value is -0.640. The topological polar surface area (TPSA) is 88.3 Å². The van der Waals surface area contributed by atoms with Crippen LogP contribution in [0.25, 0.3) is 0 Å². The van der Waals surface area contributed by atoms with Crippen LogP contribution in [0.3, 0.4) is 0 Å². The van der Waals surface area contributed by atoms with Gasteiger partial charge in [-0.1, -0.05) is 5.16 Å². The lowest BCUT2D eigenvalue weighted by Crippen LogP contribution is -2.33. The van der Waals surface area contributed by atoms with Gasteiger partial charge in [-0.3, -0.25) is 4.90 Å². The van der Waals surface area contributed by atoms with Crippen LogP contribution in [0.2, 0.25) is 0 Å². The summed E-state index contributed by atoms with van der Waals surface area (Å²) in [4.78, 5) is 6.68. The van der Waals surface area contributed by atoms with E-state index in [2.05, 4.69) is 27.4 Å². The van der Waals surface area contributed by atoms with E-state index in [1.165, 1.54) is 0 Å². The van der Waals surface area contributed by atoms with E-state index in [0.717, 1.165) is 23.9 Å². The van der Waals surface area contributed by atoms with Gasteiger partial charge in [0.1, 0.15) is 0 Å². The van der Waals surface area contributed by atoms with Crippen molar-refractivity contribution in [3.05, 3.63) is 11.7 Å². The van der Waals surface area contributed by atoms with Gasteiger partial charge >= 0.3 is 0 Å². The van der Waals surface area contributed by atoms with Gasteiger partial charge in [0.2, 0.25) is 5.89 Å². The predicted molar refractivity (Wildman–Crippen MR) is 80.9 cm³/mol. The minimum atomic E-state index is -2.86. The second-order valence-electron chi connectivity index (χ2n) is 5.60. The highest BCUT2D eigenvalue weighted by Crippen LogP contribution is 2.26. The molecule has 2 unspecified atom stereocenters. The van der Waals surface area contributed by atoms with Crippen LogP contribution in [0, 0.1) is 0 Å². The Bertz CT molecular complexity index is 589. The Morgan fingerprint density at radius 2 is 2.38 bits per heavy atom. The summed E-state index contributed by atoms with van der Waals surface area (Å²) in [6, 6.07) is 0.200. The molecule has 3 rings (SSSR count). The monoisotopic (exact) mass is 332 g/mol. The van der Waals surface area contributed by atoms with Crippen LogP contribution in [-0.4, -0.2) is 66.1 Å². The maximum atomic E-state index is 11.4. The highest BCUT2D eigenvalue weighted by Gasteiger charge is 2.28. The first-order valence-electron chi connectivity index (χ1n) is 7.08. The highest BCUT2D eigenvalue weighted by molar-refractivity contribution is 7.99. The first kappa shape index (κ1) is 15.3. The molecule has 2 saturated heterocycles. The molecule has 1 aromatic rings. The zero-order valence-corrected chi connectivity index (χ0v) is 13.6. The van der Waals surface area contributed by atoms with E-state index in [-0.39, 0.29) is 23.6 Å². The van der Waals surface area contributed by atoms with Crippen molar-refractivity contribution in [2.45, 2.75) is 25.0 Å². The molecule has 2 aliphatic heterocycles. The van der Waals surface area contributed by atoms with Gasteiger partial charge in [-0.05, 0) is 13.5 Å². The fourth-order valence-electron chi connectivity index (χ4n) is 2.62. The van der Waals surface area contributed by atoms with Gasteiger partial charge in [0, 0.05) is 24.1 Å². The summed E-state index contributed by atoms with van der Waals surface area (Å²) in [6.45, 7) is 1.45. The molecule has 0 radical (unpaired) electrons. The summed E-state index contributed by atoms with van der Waals surface area (Å²) < 4.78 is 28.1. The van der Waals surface area contributed by atoms with E-state index in [0.29, 0.717) is 18.9 Å². The predicted octanol–water partition coefficient (Wildman–Crippen LogP) is 0.0660. The Morgan fingerprint density at radius 3 is 3.10 bits per heavy atom. The van der Waals surface area contributed by atoms with Gasteiger partial charge in [-0.25, -0.2) is 8.42 Å². The summed E-state index contributed by atoms with van der Waals surface area (Å²) in [5.41, 5.74) is 0. The molecule has 2 fully saturated rings. The molecule has 7 nitrogen and oxygen atoms in total. The Kier molecular flexibility index (Phi) is 4.53. The molecule has 0 spiro atoms. The zero-order valence-electron chi connectivity index (χ0n) is 12.0. The standard InChI is InChI=1S/C12H20N4O3S2/c1-16-3-4-20-7-10(16)12-14-11(19-15-12)6-13-9-2-5-21(17,18)8-9/h9-10,13H,2-8H2,1H3. The van der Waals surface area contributed by atoms with E-state index in [9.17, 15) is 8.42 Å². The average molecular weight is 332 g/mol. The number of nitrogens with zero attached hydrogens (tertiary/aromatic N) is 3. The second-order valence-corrected chi connectivity index (χ2v) is 8.98. The van der Waals surface area contributed by atoms with Crippen LogP contribution in [-0.2, 0) is 16.4 Å². The molecule has 0 aliphatic carbocycles. The van der Waals surface area contributed by atoms with E-state index in [1.54, 1.807) is 0 Å². The lowest BCUT2D eigenvalue weighted by molar-refractivity contribution is 0.256. The number of nitrogens with one attached hydrogen (secondary N) is 1. The molecule has 3 heterocycles. The van der Waals surface area contributed by atoms with Crippen LogP contribution < -0.4 is 5.32 Å². The first-order valence-corrected chi connectivity index (χ1v) is 10.1. The molecule has 2 atom stereocenters. The number of sulfone groups is 1. The molecule has 9 heteroatoms. The highest BCUT2D eigenvalue weighted by atomic mass is 32.2. The van der Waals surface area contributed by atoms with Gasteiger partial charge in [0.05, 0.1) is 24.1 Å². The van der Waals surface area contributed by atoms with Crippen molar-refractivity contribution in [2.75, 3.05) is 36.6 Å². The number of aromatic nitrogens is 2. The van der Waals surface area contributed by atoms with Crippen molar-refractivity contribution in [2.24, 2.45) is 0 Å². The second kappa shape index (κ2) is 6.23. The maximum Gasteiger partial charge on any atom is 0.240 e. The number of rotatable bonds is 4. The van der Waals surface area contributed by atoms with E-state index in [4.69, 9.17) is 4.52 Å². The van der Waals surface area contributed by atoms with Crippen molar-refractivity contribution in [3.8, 4) is 0 Å². The largest absolute Gasteiger partial charge is 0.338 e. The van der Waals surface area contributed by atoms with Crippen molar-refractivity contribution < 1.29 is 12.9 Å². The van der Waals surface area contributed by atoms with Gasteiger partial charge < -0.3 is 9.84 Å². The maximum absolute atomic E-state index is 11.4. The van der Waals surface area contributed by atoms with Crippen LogP contribution >= 0.6 is 11.8 Å². The summed E-state index contributed by atoms with van der Waals surface area (Å²) in [7, 11) is -0.786. The fraction of sp³-hybridized carbons (Fsp3) is 0.833. The summed E-state index contributed by atoms with van der Waals surface area (Å²) >= 11 is 1.90.